The highest BCUT2D eigenvalue weighted by Crippen LogP contribution is 2.09. The van der Waals surface area contributed by atoms with Crippen molar-refractivity contribution in [2.45, 2.75) is 6.42 Å². The number of carbonyl (C=O) groups is 1. The van der Waals surface area contributed by atoms with E-state index in [9.17, 15) is 4.79 Å². The van der Waals surface area contributed by atoms with Crippen LogP contribution in [0.1, 0.15) is 12.0 Å². The molecule has 3 nitrogen and oxygen atoms in total. The molecule has 0 aliphatic heterocycles. The van der Waals surface area contributed by atoms with Crippen LogP contribution in [0.2, 0.25) is 0 Å². The topological polar surface area (TPSA) is 55.1 Å². The van der Waals surface area contributed by atoms with Crippen molar-refractivity contribution in [3.05, 3.63) is 29.8 Å². The average molecular weight is 220 g/mol. The fourth-order valence-electron chi connectivity index (χ4n) is 1.04. The molecule has 2 amide bonds. The number of hydrogen-bond acceptors (Lipinski definition) is 2. The van der Waals surface area contributed by atoms with Crippen LogP contribution >= 0.6 is 12.6 Å². The molecule has 3 N–H and O–H groups in total. The van der Waals surface area contributed by atoms with Gasteiger partial charge >= 0.3 is 6.03 Å². The Kier molecular flexibility index (Phi) is 4.58. The van der Waals surface area contributed by atoms with Crippen LogP contribution < -0.4 is 11.1 Å². The Morgan fingerprint density at radius 2 is 2.33 bits per heavy atom. The van der Waals surface area contributed by atoms with Crippen LogP contribution in [0.5, 0.6) is 0 Å². The first-order valence-electron chi connectivity index (χ1n) is 4.48. The monoisotopic (exact) mass is 220 g/mol. The predicted octanol–water partition coefficient (Wildman–Crippen LogP) is 1.85. The molecule has 78 valence electrons. The largest absolute Gasteiger partial charge is 0.351 e. The Morgan fingerprint density at radius 3 is 3.00 bits per heavy atom. The molecule has 0 aliphatic carbocycles. The lowest BCUT2D eigenvalue weighted by Crippen LogP contribution is -2.19. The molecule has 0 saturated heterocycles. The minimum absolute atomic E-state index is 0.574. The summed E-state index contributed by atoms with van der Waals surface area (Å²) in [7, 11) is 0. The number of thiol groups is 1. The number of benzene rings is 1. The van der Waals surface area contributed by atoms with Crippen molar-refractivity contribution in [3.8, 4) is 11.8 Å². The molecule has 0 aromatic heterocycles. The summed E-state index contributed by atoms with van der Waals surface area (Å²) in [5.74, 6) is 6.67. The predicted molar refractivity (Wildman–Crippen MR) is 65.0 cm³/mol. The first-order chi connectivity index (χ1) is 7.22. The highest BCUT2D eigenvalue weighted by atomic mass is 32.1. The molecule has 0 bridgehead atoms. The highest BCUT2D eigenvalue weighted by molar-refractivity contribution is 7.80. The molecule has 0 spiro atoms. The van der Waals surface area contributed by atoms with Gasteiger partial charge in [-0.25, -0.2) is 4.79 Å². The summed E-state index contributed by atoms with van der Waals surface area (Å²) in [6, 6.07) is 6.65. The average Bonchev–Trinajstić information content (AvgIpc) is 2.18. The van der Waals surface area contributed by atoms with Gasteiger partial charge in [0.1, 0.15) is 0 Å². The minimum atomic E-state index is -0.574. The number of nitrogens with one attached hydrogen (secondary N) is 1. The van der Waals surface area contributed by atoms with Crippen LogP contribution in [-0.4, -0.2) is 11.8 Å². The number of urea groups is 1. The number of primary amides is 1. The molecule has 0 unspecified atom stereocenters. The Bertz CT molecular complexity index is 407. The standard InChI is InChI=1S/C11H12N2OS/c12-11(14)13-10-6-3-5-9(8-10)4-1-2-7-15/h3,5-6,8,15H,2,7H2,(H3,12,13,14). The van der Waals surface area contributed by atoms with Crippen LogP contribution in [0.4, 0.5) is 10.5 Å². The molecule has 1 aromatic rings. The Balaban J connectivity index is 2.75. The zero-order valence-corrected chi connectivity index (χ0v) is 9.05. The summed E-state index contributed by atoms with van der Waals surface area (Å²) in [5.41, 5.74) is 6.50. The lowest BCUT2D eigenvalue weighted by atomic mass is 10.2. The van der Waals surface area contributed by atoms with Gasteiger partial charge in [-0.2, -0.15) is 12.6 Å². The summed E-state index contributed by atoms with van der Waals surface area (Å²) in [5, 5.41) is 2.49. The van der Waals surface area contributed by atoms with Crippen LogP contribution in [0.3, 0.4) is 0 Å². The van der Waals surface area contributed by atoms with Crippen molar-refractivity contribution in [1.29, 1.82) is 0 Å². The molecule has 4 heteroatoms. The third-order valence-corrected chi connectivity index (χ3v) is 1.82. The summed E-state index contributed by atoms with van der Waals surface area (Å²) in [4.78, 5) is 10.6. The van der Waals surface area contributed by atoms with E-state index in [0.717, 1.165) is 17.7 Å². The van der Waals surface area contributed by atoms with E-state index in [-0.39, 0.29) is 0 Å². The molecule has 0 heterocycles. The lowest BCUT2D eigenvalue weighted by Gasteiger charge is -2.00. The minimum Gasteiger partial charge on any atom is -0.351 e. The maximum absolute atomic E-state index is 10.6. The second-order valence-corrected chi connectivity index (χ2v) is 3.29. The molecule has 1 aromatic carbocycles. The number of nitrogens with two attached hydrogens (primary N) is 1. The zero-order chi connectivity index (χ0) is 11.1. The number of anilines is 1. The SMILES string of the molecule is NC(=O)Nc1cccc(C#CCCS)c1. The molecule has 15 heavy (non-hydrogen) atoms. The van der Waals surface area contributed by atoms with E-state index in [2.05, 4.69) is 29.8 Å². The number of amides is 2. The van der Waals surface area contributed by atoms with Gasteiger partial charge in [-0.3, -0.25) is 0 Å². The van der Waals surface area contributed by atoms with Crippen molar-refractivity contribution in [1.82, 2.24) is 0 Å². The van der Waals surface area contributed by atoms with E-state index in [1.54, 1.807) is 12.1 Å². The second-order valence-electron chi connectivity index (χ2n) is 2.85. The first-order valence-corrected chi connectivity index (χ1v) is 5.12. The summed E-state index contributed by atoms with van der Waals surface area (Å²) in [6.07, 6.45) is 0.747. The van der Waals surface area contributed by atoms with Crippen molar-refractivity contribution in [3.63, 3.8) is 0 Å². The van der Waals surface area contributed by atoms with Gasteiger partial charge in [-0.05, 0) is 18.2 Å². The van der Waals surface area contributed by atoms with Gasteiger partial charge in [0, 0.05) is 23.4 Å². The molecule has 0 fully saturated rings. The van der Waals surface area contributed by atoms with E-state index < -0.39 is 6.03 Å². The van der Waals surface area contributed by atoms with Gasteiger partial charge in [0.15, 0.2) is 0 Å². The highest BCUT2D eigenvalue weighted by Gasteiger charge is 1.95. The fourth-order valence-corrected chi connectivity index (χ4v) is 1.15. The van der Waals surface area contributed by atoms with Crippen LogP contribution in [0, 0.1) is 11.8 Å². The molecule has 0 atom stereocenters. The Hall–Kier alpha value is -1.60. The number of rotatable bonds is 2. The molecule has 0 saturated carbocycles. The van der Waals surface area contributed by atoms with E-state index in [0.29, 0.717) is 5.69 Å². The normalized spacial score (nSPS) is 8.87. The van der Waals surface area contributed by atoms with Crippen LogP contribution in [-0.2, 0) is 0 Å². The van der Waals surface area contributed by atoms with Crippen molar-refractivity contribution in [2.75, 3.05) is 11.1 Å². The molecule has 0 radical (unpaired) electrons. The lowest BCUT2D eigenvalue weighted by molar-refractivity contribution is 0.259. The molecule has 1 rings (SSSR count). The maximum Gasteiger partial charge on any atom is 0.316 e. The third kappa shape index (κ3) is 4.43. The molecular formula is C11H12N2OS. The van der Waals surface area contributed by atoms with E-state index >= 15 is 0 Å². The number of carbonyl (C=O) groups excluding carboxylic acids is 1. The van der Waals surface area contributed by atoms with Gasteiger partial charge in [-0.15, -0.1) is 0 Å². The zero-order valence-electron chi connectivity index (χ0n) is 8.16. The van der Waals surface area contributed by atoms with Crippen LogP contribution in [0.15, 0.2) is 24.3 Å². The van der Waals surface area contributed by atoms with E-state index in [1.165, 1.54) is 0 Å². The van der Waals surface area contributed by atoms with Crippen molar-refractivity contribution >= 4 is 24.3 Å². The Morgan fingerprint density at radius 1 is 1.53 bits per heavy atom. The fraction of sp³-hybridized carbons (Fsp3) is 0.182. The summed E-state index contributed by atoms with van der Waals surface area (Å²) >= 11 is 4.06. The van der Waals surface area contributed by atoms with E-state index in [1.807, 2.05) is 12.1 Å². The maximum atomic E-state index is 10.6. The first kappa shape index (κ1) is 11.5. The Labute approximate surface area is 94.5 Å². The van der Waals surface area contributed by atoms with Gasteiger partial charge < -0.3 is 11.1 Å². The van der Waals surface area contributed by atoms with Gasteiger partial charge in [0.25, 0.3) is 0 Å². The van der Waals surface area contributed by atoms with Gasteiger partial charge in [0.2, 0.25) is 0 Å². The number of hydrogen-bond donors (Lipinski definition) is 3. The van der Waals surface area contributed by atoms with Crippen LogP contribution in [0.25, 0.3) is 0 Å². The van der Waals surface area contributed by atoms with Crippen molar-refractivity contribution < 1.29 is 4.79 Å². The van der Waals surface area contributed by atoms with Gasteiger partial charge in [-0.1, -0.05) is 17.9 Å². The third-order valence-electron chi connectivity index (χ3n) is 1.60. The van der Waals surface area contributed by atoms with Gasteiger partial charge in [0.05, 0.1) is 0 Å². The molecular weight excluding hydrogens is 208 g/mol. The smallest absolute Gasteiger partial charge is 0.316 e. The van der Waals surface area contributed by atoms with E-state index in [4.69, 9.17) is 5.73 Å². The van der Waals surface area contributed by atoms with Crippen molar-refractivity contribution in [2.24, 2.45) is 5.73 Å². The molecule has 0 aliphatic rings. The summed E-state index contributed by atoms with van der Waals surface area (Å²) < 4.78 is 0. The quantitative estimate of drug-likeness (QED) is 0.517. The second kappa shape index (κ2) is 5.99. The summed E-state index contributed by atoms with van der Waals surface area (Å²) in [6.45, 7) is 0.